The first-order chi connectivity index (χ1) is 14.1. The minimum atomic E-state index is -0.266. The Hall–Kier alpha value is -2.82. The van der Waals surface area contributed by atoms with Crippen molar-refractivity contribution in [3.8, 4) is 0 Å². The summed E-state index contributed by atoms with van der Waals surface area (Å²) in [5, 5.41) is 2.87. The van der Waals surface area contributed by atoms with Gasteiger partial charge in [-0.2, -0.15) is 0 Å². The average Bonchev–Trinajstić information content (AvgIpc) is 2.74. The molecule has 2 heterocycles. The SMILES string of the molecule is CC1CCN(c2ccc(NC(=O)CC(=O)N3CCCc4ccccc43)cc2)CC1. The van der Waals surface area contributed by atoms with Crippen molar-refractivity contribution in [1.29, 1.82) is 0 Å². The number of amides is 2. The van der Waals surface area contributed by atoms with E-state index in [1.54, 1.807) is 4.90 Å². The summed E-state index contributed by atoms with van der Waals surface area (Å²) in [6, 6.07) is 15.9. The molecule has 0 bridgehead atoms. The van der Waals surface area contributed by atoms with Gasteiger partial charge < -0.3 is 15.1 Å². The van der Waals surface area contributed by atoms with Gasteiger partial charge in [-0.25, -0.2) is 0 Å². The van der Waals surface area contributed by atoms with Crippen LogP contribution in [0.3, 0.4) is 0 Å². The summed E-state index contributed by atoms with van der Waals surface area (Å²) in [5.74, 6) is 0.389. The minimum absolute atomic E-state index is 0.139. The predicted molar refractivity (Wildman–Crippen MR) is 117 cm³/mol. The van der Waals surface area contributed by atoms with Crippen molar-refractivity contribution in [2.75, 3.05) is 34.8 Å². The summed E-state index contributed by atoms with van der Waals surface area (Å²) < 4.78 is 0. The molecule has 2 aromatic rings. The molecule has 1 N–H and O–H groups in total. The number of para-hydroxylation sites is 1. The highest BCUT2D eigenvalue weighted by Gasteiger charge is 2.24. The highest BCUT2D eigenvalue weighted by atomic mass is 16.2. The van der Waals surface area contributed by atoms with E-state index in [-0.39, 0.29) is 18.2 Å². The molecule has 2 aromatic carbocycles. The molecule has 0 saturated carbocycles. The van der Waals surface area contributed by atoms with Crippen LogP contribution < -0.4 is 15.1 Å². The van der Waals surface area contributed by atoms with Gasteiger partial charge in [0.05, 0.1) is 0 Å². The molecule has 0 radical (unpaired) electrons. The standard InChI is InChI=1S/C24H29N3O2/c1-18-12-15-26(16-13-18)21-10-8-20(9-11-21)25-23(28)17-24(29)27-14-4-6-19-5-2-3-7-22(19)27/h2-3,5,7-11,18H,4,6,12-17H2,1H3,(H,25,28). The molecule has 5 nitrogen and oxygen atoms in total. The Morgan fingerprint density at radius 1 is 1.00 bits per heavy atom. The molecule has 0 spiro atoms. The van der Waals surface area contributed by atoms with Crippen molar-refractivity contribution in [2.24, 2.45) is 5.92 Å². The zero-order valence-electron chi connectivity index (χ0n) is 17.1. The molecule has 0 aromatic heterocycles. The second-order valence-electron chi connectivity index (χ2n) is 8.22. The summed E-state index contributed by atoms with van der Waals surface area (Å²) in [7, 11) is 0. The Bertz CT molecular complexity index is 870. The Morgan fingerprint density at radius 2 is 1.72 bits per heavy atom. The maximum Gasteiger partial charge on any atom is 0.236 e. The average molecular weight is 392 g/mol. The Morgan fingerprint density at radius 3 is 2.48 bits per heavy atom. The lowest BCUT2D eigenvalue weighted by Crippen LogP contribution is -2.37. The van der Waals surface area contributed by atoms with Crippen LogP contribution in [0.4, 0.5) is 17.1 Å². The molecular formula is C24H29N3O2. The highest BCUT2D eigenvalue weighted by Crippen LogP contribution is 2.27. The van der Waals surface area contributed by atoms with Crippen LogP contribution in [0.15, 0.2) is 48.5 Å². The molecule has 0 atom stereocenters. The zero-order chi connectivity index (χ0) is 20.2. The number of carbonyl (C=O) groups is 2. The van der Waals surface area contributed by atoms with Crippen LogP contribution in [-0.4, -0.2) is 31.4 Å². The van der Waals surface area contributed by atoms with E-state index in [1.165, 1.54) is 24.1 Å². The maximum absolute atomic E-state index is 12.7. The molecule has 1 fully saturated rings. The van der Waals surface area contributed by atoms with Gasteiger partial charge in [0, 0.05) is 36.7 Å². The molecule has 29 heavy (non-hydrogen) atoms. The van der Waals surface area contributed by atoms with Crippen LogP contribution in [0, 0.1) is 5.92 Å². The van der Waals surface area contributed by atoms with Crippen LogP contribution in [0.25, 0.3) is 0 Å². The van der Waals surface area contributed by atoms with Crippen LogP contribution in [-0.2, 0) is 16.0 Å². The lowest BCUT2D eigenvalue weighted by Gasteiger charge is -2.32. The third kappa shape index (κ3) is 4.61. The number of aryl methyl sites for hydroxylation is 1. The molecule has 2 amide bonds. The van der Waals surface area contributed by atoms with E-state index in [9.17, 15) is 9.59 Å². The second-order valence-corrected chi connectivity index (χ2v) is 8.22. The number of hydrogen-bond acceptors (Lipinski definition) is 3. The van der Waals surface area contributed by atoms with E-state index in [4.69, 9.17) is 0 Å². The molecule has 2 aliphatic heterocycles. The van der Waals surface area contributed by atoms with Crippen LogP contribution in [0.1, 0.15) is 38.2 Å². The smallest absolute Gasteiger partial charge is 0.236 e. The van der Waals surface area contributed by atoms with Crippen LogP contribution >= 0.6 is 0 Å². The summed E-state index contributed by atoms with van der Waals surface area (Å²) in [6.45, 7) is 5.14. The number of rotatable bonds is 4. The number of piperidine rings is 1. The quantitative estimate of drug-likeness (QED) is 0.794. The van der Waals surface area contributed by atoms with Gasteiger partial charge in [-0.05, 0) is 67.5 Å². The fourth-order valence-electron chi connectivity index (χ4n) is 4.25. The molecule has 0 unspecified atom stereocenters. The van der Waals surface area contributed by atoms with E-state index >= 15 is 0 Å². The lowest BCUT2D eigenvalue weighted by atomic mass is 9.99. The van der Waals surface area contributed by atoms with Crippen LogP contribution in [0.2, 0.25) is 0 Å². The molecule has 1 saturated heterocycles. The number of fused-ring (bicyclic) bond motifs is 1. The van der Waals surface area contributed by atoms with Gasteiger partial charge in [0.2, 0.25) is 11.8 Å². The van der Waals surface area contributed by atoms with Crippen molar-refractivity contribution in [3.05, 3.63) is 54.1 Å². The first-order valence-corrected chi connectivity index (χ1v) is 10.6. The predicted octanol–water partition coefficient (Wildman–Crippen LogP) is 4.23. The number of nitrogens with one attached hydrogen (secondary N) is 1. The molecule has 152 valence electrons. The van der Waals surface area contributed by atoms with Gasteiger partial charge in [-0.15, -0.1) is 0 Å². The first-order valence-electron chi connectivity index (χ1n) is 10.6. The van der Waals surface area contributed by atoms with E-state index in [2.05, 4.69) is 23.2 Å². The highest BCUT2D eigenvalue weighted by molar-refractivity contribution is 6.09. The van der Waals surface area contributed by atoms with Gasteiger partial charge in [0.25, 0.3) is 0 Å². The van der Waals surface area contributed by atoms with Gasteiger partial charge in [-0.3, -0.25) is 9.59 Å². The normalized spacial score (nSPS) is 17.0. The van der Waals surface area contributed by atoms with E-state index in [0.717, 1.165) is 43.2 Å². The summed E-state index contributed by atoms with van der Waals surface area (Å²) in [5.41, 5.74) is 4.04. The summed E-state index contributed by atoms with van der Waals surface area (Å²) in [6.07, 6.45) is 4.22. The number of carbonyl (C=O) groups excluding carboxylic acids is 2. The topological polar surface area (TPSA) is 52.7 Å². The Kier molecular flexibility index (Phi) is 5.84. The molecule has 0 aliphatic carbocycles. The molecular weight excluding hydrogens is 362 g/mol. The van der Waals surface area contributed by atoms with E-state index in [0.29, 0.717) is 6.54 Å². The number of anilines is 3. The van der Waals surface area contributed by atoms with Crippen molar-refractivity contribution in [3.63, 3.8) is 0 Å². The Balaban J connectivity index is 1.33. The lowest BCUT2D eigenvalue weighted by molar-refractivity contribution is -0.125. The van der Waals surface area contributed by atoms with E-state index < -0.39 is 0 Å². The molecule has 2 aliphatic rings. The molecule has 5 heteroatoms. The van der Waals surface area contributed by atoms with Crippen molar-refractivity contribution < 1.29 is 9.59 Å². The van der Waals surface area contributed by atoms with Gasteiger partial charge in [0.1, 0.15) is 6.42 Å². The number of nitrogens with zero attached hydrogens (tertiary/aromatic N) is 2. The Labute approximate surface area is 172 Å². The first kappa shape index (κ1) is 19.5. The zero-order valence-corrected chi connectivity index (χ0v) is 17.1. The van der Waals surface area contributed by atoms with Crippen molar-refractivity contribution in [2.45, 2.75) is 39.0 Å². The van der Waals surface area contributed by atoms with Gasteiger partial charge >= 0.3 is 0 Å². The van der Waals surface area contributed by atoms with Gasteiger partial charge in [0.15, 0.2) is 0 Å². The largest absolute Gasteiger partial charge is 0.372 e. The van der Waals surface area contributed by atoms with Crippen molar-refractivity contribution >= 4 is 28.9 Å². The fraction of sp³-hybridized carbons (Fsp3) is 0.417. The summed E-state index contributed by atoms with van der Waals surface area (Å²) in [4.78, 5) is 29.3. The third-order valence-corrected chi connectivity index (χ3v) is 6.02. The molecule has 4 rings (SSSR count). The van der Waals surface area contributed by atoms with Gasteiger partial charge in [-0.1, -0.05) is 25.1 Å². The number of benzene rings is 2. The monoisotopic (exact) mass is 391 g/mol. The van der Waals surface area contributed by atoms with Crippen LogP contribution in [0.5, 0.6) is 0 Å². The third-order valence-electron chi connectivity index (χ3n) is 6.02. The second kappa shape index (κ2) is 8.68. The maximum atomic E-state index is 12.7. The van der Waals surface area contributed by atoms with E-state index in [1.807, 2.05) is 42.5 Å². The van der Waals surface area contributed by atoms with Crippen molar-refractivity contribution in [1.82, 2.24) is 0 Å². The minimum Gasteiger partial charge on any atom is -0.372 e. The number of hydrogen-bond donors (Lipinski definition) is 1. The summed E-state index contributed by atoms with van der Waals surface area (Å²) >= 11 is 0. The fourth-order valence-corrected chi connectivity index (χ4v) is 4.25.